The molecule has 0 aliphatic rings. The molecule has 16 heavy (non-hydrogen) atoms. The summed E-state index contributed by atoms with van der Waals surface area (Å²) < 4.78 is 0. The van der Waals surface area contributed by atoms with Crippen LogP contribution in [0.5, 0.6) is 0 Å². The van der Waals surface area contributed by atoms with Gasteiger partial charge in [-0.15, -0.1) is 6.58 Å². The van der Waals surface area contributed by atoms with Gasteiger partial charge < -0.3 is 4.90 Å². The second-order valence-corrected chi connectivity index (χ2v) is 4.07. The minimum Gasteiger partial charge on any atom is -0.378 e. The van der Waals surface area contributed by atoms with Crippen LogP contribution in [0.2, 0.25) is 0 Å². The SMILES string of the molecule is C=CCCC(NN)c1ccc(N(C)C)cc1. The molecule has 0 saturated heterocycles. The Labute approximate surface area is 97.9 Å². The van der Waals surface area contributed by atoms with E-state index in [2.05, 4.69) is 41.2 Å². The smallest absolute Gasteiger partial charge is 0.0462 e. The molecule has 3 nitrogen and oxygen atoms in total. The minimum atomic E-state index is 0.203. The second-order valence-electron chi connectivity index (χ2n) is 4.07. The Balaban J connectivity index is 2.73. The lowest BCUT2D eigenvalue weighted by Gasteiger charge is -2.17. The first-order valence-electron chi connectivity index (χ1n) is 5.53. The lowest BCUT2D eigenvalue weighted by molar-refractivity contribution is 0.521. The fraction of sp³-hybridized carbons (Fsp3) is 0.385. The first kappa shape index (κ1) is 12.7. The van der Waals surface area contributed by atoms with Crippen molar-refractivity contribution >= 4 is 5.69 Å². The molecule has 1 aromatic carbocycles. The quantitative estimate of drug-likeness (QED) is 0.438. The van der Waals surface area contributed by atoms with Crippen LogP contribution in [0, 0.1) is 0 Å². The third-order valence-corrected chi connectivity index (χ3v) is 2.67. The summed E-state index contributed by atoms with van der Waals surface area (Å²) in [6.07, 6.45) is 3.85. The van der Waals surface area contributed by atoms with Crippen molar-refractivity contribution in [3.8, 4) is 0 Å². The van der Waals surface area contributed by atoms with E-state index in [0.29, 0.717) is 0 Å². The van der Waals surface area contributed by atoms with Crippen LogP contribution >= 0.6 is 0 Å². The van der Waals surface area contributed by atoms with Crippen molar-refractivity contribution in [3.63, 3.8) is 0 Å². The Morgan fingerprint density at radius 1 is 1.38 bits per heavy atom. The maximum absolute atomic E-state index is 5.55. The number of rotatable bonds is 6. The van der Waals surface area contributed by atoms with Gasteiger partial charge in [0.25, 0.3) is 0 Å². The number of benzene rings is 1. The maximum Gasteiger partial charge on any atom is 0.0462 e. The molecule has 0 heterocycles. The van der Waals surface area contributed by atoms with Crippen LogP contribution in [0.25, 0.3) is 0 Å². The van der Waals surface area contributed by atoms with Gasteiger partial charge in [0.15, 0.2) is 0 Å². The normalized spacial score (nSPS) is 12.2. The predicted octanol–water partition coefficient (Wildman–Crippen LogP) is 2.22. The van der Waals surface area contributed by atoms with Gasteiger partial charge in [0.05, 0.1) is 0 Å². The van der Waals surface area contributed by atoms with Crippen LogP contribution < -0.4 is 16.2 Å². The van der Waals surface area contributed by atoms with Gasteiger partial charge in [0.1, 0.15) is 0 Å². The zero-order valence-electron chi connectivity index (χ0n) is 10.1. The molecule has 0 radical (unpaired) electrons. The summed E-state index contributed by atoms with van der Waals surface area (Å²) >= 11 is 0. The van der Waals surface area contributed by atoms with E-state index in [1.165, 1.54) is 11.3 Å². The van der Waals surface area contributed by atoms with Gasteiger partial charge in [-0.3, -0.25) is 11.3 Å². The summed E-state index contributed by atoms with van der Waals surface area (Å²) in [7, 11) is 4.07. The average molecular weight is 219 g/mol. The number of hydrogen-bond donors (Lipinski definition) is 2. The second kappa shape index (κ2) is 6.30. The van der Waals surface area contributed by atoms with Crippen molar-refractivity contribution in [2.75, 3.05) is 19.0 Å². The standard InChI is InChI=1S/C13H21N3/c1-4-5-6-13(15-14)11-7-9-12(10-8-11)16(2)3/h4,7-10,13,15H,1,5-6,14H2,2-3H3. The molecule has 0 bridgehead atoms. The minimum absolute atomic E-state index is 0.203. The molecule has 1 unspecified atom stereocenters. The molecule has 0 saturated carbocycles. The Kier molecular flexibility index (Phi) is 5.02. The van der Waals surface area contributed by atoms with Crippen LogP contribution in [0.1, 0.15) is 24.4 Å². The van der Waals surface area contributed by atoms with Gasteiger partial charge in [-0.25, -0.2) is 0 Å². The molecule has 0 aliphatic heterocycles. The molecule has 0 fully saturated rings. The molecule has 0 aliphatic carbocycles. The largest absolute Gasteiger partial charge is 0.378 e. The van der Waals surface area contributed by atoms with Gasteiger partial charge in [0.2, 0.25) is 0 Å². The van der Waals surface area contributed by atoms with Gasteiger partial charge in [-0.05, 0) is 30.5 Å². The van der Waals surface area contributed by atoms with Crippen molar-refractivity contribution in [2.45, 2.75) is 18.9 Å². The van der Waals surface area contributed by atoms with Gasteiger partial charge in [-0.2, -0.15) is 0 Å². The van der Waals surface area contributed by atoms with Gasteiger partial charge >= 0.3 is 0 Å². The van der Waals surface area contributed by atoms with E-state index >= 15 is 0 Å². The molecule has 1 aromatic rings. The van der Waals surface area contributed by atoms with Gasteiger partial charge in [-0.1, -0.05) is 18.2 Å². The Hall–Kier alpha value is -1.32. The Morgan fingerprint density at radius 3 is 2.44 bits per heavy atom. The van der Waals surface area contributed by atoms with E-state index in [1.54, 1.807) is 0 Å². The van der Waals surface area contributed by atoms with Crippen molar-refractivity contribution < 1.29 is 0 Å². The third-order valence-electron chi connectivity index (χ3n) is 2.67. The van der Waals surface area contributed by atoms with E-state index in [0.717, 1.165) is 12.8 Å². The summed E-state index contributed by atoms with van der Waals surface area (Å²) in [5, 5.41) is 0. The monoisotopic (exact) mass is 219 g/mol. The highest BCUT2D eigenvalue weighted by Crippen LogP contribution is 2.20. The number of anilines is 1. The fourth-order valence-electron chi connectivity index (χ4n) is 1.64. The molecule has 3 heteroatoms. The van der Waals surface area contributed by atoms with Gasteiger partial charge in [0, 0.05) is 25.8 Å². The van der Waals surface area contributed by atoms with Crippen molar-refractivity contribution in [2.24, 2.45) is 5.84 Å². The summed E-state index contributed by atoms with van der Waals surface area (Å²) in [4.78, 5) is 2.08. The zero-order valence-corrected chi connectivity index (χ0v) is 10.1. The topological polar surface area (TPSA) is 41.3 Å². The molecular weight excluding hydrogens is 198 g/mol. The molecular formula is C13H21N3. The first-order chi connectivity index (χ1) is 7.69. The van der Waals surface area contributed by atoms with E-state index in [4.69, 9.17) is 5.84 Å². The fourth-order valence-corrected chi connectivity index (χ4v) is 1.64. The van der Waals surface area contributed by atoms with E-state index < -0.39 is 0 Å². The number of hydrazine groups is 1. The average Bonchev–Trinajstić information content (AvgIpc) is 2.30. The Morgan fingerprint density at radius 2 is 2.00 bits per heavy atom. The predicted molar refractivity (Wildman–Crippen MR) is 70.3 cm³/mol. The summed E-state index contributed by atoms with van der Waals surface area (Å²) in [6, 6.07) is 8.64. The maximum atomic E-state index is 5.55. The molecule has 0 spiro atoms. The van der Waals surface area contributed by atoms with Crippen LogP contribution in [-0.2, 0) is 0 Å². The lowest BCUT2D eigenvalue weighted by atomic mass is 10.0. The highest BCUT2D eigenvalue weighted by Gasteiger charge is 2.08. The number of nitrogens with one attached hydrogen (secondary N) is 1. The molecule has 1 rings (SSSR count). The van der Waals surface area contributed by atoms with Crippen LogP contribution in [0.4, 0.5) is 5.69 Å². The lowest BCUT2D eigenvalue weighted by Crippen LogP contribution is -2.27. The molecule has 0 amide bonds. The van der Waals surface area contributed by atoms with Crippen LogP contribution in [-0.4, -0.2) is 14.1 Å². The number of nitrogens with two attached hydrogens (primary N) is 1. The Bertz CT molecular complexity index is 316. The van der Waals surface area contributed by atoms with E-state index in [1.807, 2.05) is 20.2 Å². The molecule has 88 valence electrons. The first-order valence-corrected chi connectivity index (χ1v) is 5.53. The summed E-state index contributed by atoms with van der Waals surface area (Å²) in [6.45, 7) is 3.72. The van der Waals surface area contributed by atoms with Crippen LogP contribution in [0.3, 0.4) is 0 Å². The van der Waals surface area contributed by atoms with E-state index in [-0.39, 0.29) is 6.04 Å². The van der Waals surface area contributed by atoms with E-state index in [9.17, 15) is 0 Å². The number of hydrogen-bond acceptors (Lipinski definition) is 3. The van der Waals surface area contributed by atoms with Crippen molar-refractivity contribution in [3.05, 3.63) is 42.5 Å². The number of allylic oxidation sites excluding steroid dienone is 1. The zero-order chi connectivity index (χ0) is 12.0. The number of nitrogens with zero attached hydrogens (tertiary/aromatic N) is 1. The summed E-state index contributed by atoms with van der Waals surface area (Å²) in [5.74, 6) is 5.55. The van der Waals surface area contributed by atoms with Crippen LogP contribution in [0.15, 0.2) is 36.9 Å². The van der Waals surface area contributed by atoms with Crippen molar-refractivity contribution in [1.29, 1.82) is 0 Å². The molecule has 0 aromatic heterocycles. The molecule has 3 N–H and O–H groups in total. The highest BCUT2D eigenvalue weighted by molar-refractivity contribution is 5.46. The third kappa shape index (κ3) is 3.36. The van der Waals surface area contributed by atoms with Crippen molar-refractivity contribution in [1.82, 2.24) is 5.43 Å². The summed E-state index contributed by atoms with van der Waals surface area (Å²) in [5.41, 5.74) is 5.26. The molecule has 1 atom stereocenters. The highest BCUT2D eigenvalue weighted by atomic mass is 15.2.